The fraction of sp³-hybridized carbons (Fsp3) is 0.577. The molecule has 0 aromatic heterocycles. The first-order chi connectivity index (χ1) is 16.9. The van der Waals surface area contributed by atoms with Crippen LogP contribution in [0.3, 0.4) is 0 Å². The molecule has 9 nitrogen and oxygen atoms in total. The fourth-order valence-electron chi connectivity index (χ4n) is 4.42. The van der Waals surface area contributed by atoms with Crippen LogP contribution in [0.5, 0.6) is 0 Å². The third-order valence-corrected chi connectivity index (χ3v) is 7.62. The van der Waals surface area contributed by atoms with Gasteiger partial charge in [0, 0.05) is 17.6 Å². The number of ether oxygens (including phenoxy) is 2. The lowest BCUT2D eigenvalue weighted by Crippen LogP contribution is -2.63. The Morgan fingerprint density at radius 1 is 1.22 bits per heavy atom. The van der Waals surface area contributed by atoms with Crippen LogP contribution in [0.25, 0.3) is 0 Å². The maximum Gasteiger partial charge on any atom is 0.408 e. The molecule has 2 fully saturated rings. The standard InChI is InChI=1S/C26H33N3O6S/c1-25(2,3)35-24(33)28-19(16-11-7-6-8-12-16)18(30)15-17-21(31)29-20(26(4,5)36-22(17)29)23(32)34-14-10-9-13-27/h6-8,11-12,17,19-20,22H,9-10,14-15H2,1-5H3,(H,28,33)/t17-,19-,20+,22-/m1/s1. The molecule has 2 amide bonds. The van der Waals surface area contributed by atoms with Crippen molar-refractivity contribution in [3.8, 4) is 6.07 Å². The molecule has 1 aromatic carbocycles. The van der Waals surface area contributed by atoms with Gasteiger partial charge in [-0.25, -0.2) is 9.59 Å². The number of alkyl carbamates (subject to hydrolysis) is 1. The Balaban J connectivity index is 1.71. The Kier molecular flexibility index (Phi) is 8.34. The first-order valence-electron chi connectivity index (χ1n) is 12.0. The predicted molar refractivity (Wildman–Crippen MR) is 134 cm³/mol. The van der Waals surface area contributed by atoms with E-state index < -0.39 is 40.4 Å². The van der Waals surface area contributed by atoms with Crippen LogP contribution >= 0.6 is 11.8 Å². The van der Waals surface area contributed by atoms with Gasteiger partial charge in [-0.3, -0.25) is 9.59 Å². The largest absolute Gasteiger partial charge is 0.464 e. The topological polar surface area (TPSA) is 126 Å². The summed E-state index contributed by atoms with van der Waals surface area (Å²) in [6.07, 6.45) is -0.0852. The van der Waals surface area contributed by atoms with E-state index in [1.807, 2.05) is 26.0 Å². The molecular formula is C26H33N3O6S. The second-order valence-corrected chi connectivity index (χ2v) is 12.2. The molecule has 0 saturated carbocycles. The number of Topliss-reactive ketones (excluding diaryl/α,β-unsaturated/α-hetero) is 1. The number of rotatable bonds is 9. The van der Waals surface area contributed by atoms with Crippen molar-refractivity contribution >= 4 is 35.5 Å². The molecule has 2 aliphatic heterocycles. The highest BCUT2D eigenvalue weighted by Crippen LogP contribution is 2.54. The molecule has 2 saturated heterocycles. The maximum absolute atomic E-state index is 13.4. The summed E-state index contributed by atoms with van der Waals surface area (Å²) < 4.78 is 10.1. The summed E-state index contributed by atoms with van der Waals surface area (Å²) >= 11 is 1.47. The Morgan fingerprint density at radius 3 is 2.50 bits per heavy atom. The maximum atomic E-state index is 13.4. The van der Waals surface area contributed by atoms with Crippen LogP contribution in [0.4, 0.5) is 4.79 Å². The van der Waals surface area contributed by atoms with Gasteiger partial charge in [-0.05, 0) is 46.6 Å². The number of unbranched alkanes of at least 4 members (excludes halogenated alkanes) is 1. The molecule has 194 valence electrons. The zero-order valence-corrected chi connectivity index (χ0v) is 22.1. The van der Waals surface area contributed by atoms with Gasteiger partial charge in [0.15, 0.2) is 5.78 Å². The molecule has 2 heterocycles. The third kappa shape index (κ3) is 6.19. The highest BCUT2D eigenvalue weighted by Gasteiger charge is 2.64. The molecule has 0 aliphatic carbocycles. The number of hydrogen-bond donors (Lipinski definition) is 1. The lowest BCUT2D eigenvalue weighted by molar-refractivity contribution is -0.167. The molecule has 0 radical (unpaired) electrons. The number of β-lactam (4-membered cyclic amide) rings is 1. The molecule has 0 spiro atoms. The van der Waals surface area contributed by atoms with Crippen LogP contribution in [0.15, 0.2) is 30.3 Å². The van der Waals surface area contributed by atoms with Crippen LogP contribution in [-0.2, 0) is 23.9 Å². The second kappa shape index (κ2) is 10.9. The number of benzene rings is 1. The highest BCUT2D eigenvalue weighted by molar-refractivity contribution is 8.01. The normalized spacial score (nSPS) is 23.1. The Bertz CT molecular complexity index is 1050. The van der Waals surface area contributed by atoms with E-state index in [4.69, 9.17) is 14.7 Å². The van der Waals surface area contributed by atoms with E-state index in [-0.39, 0.29) is 36.5 Å². The van der Waals surface area contributed by atoms with Gasteiger partial charge in [-0.2, -0.15) is 5.26 Å². The number of thioether (sulfide) groups is 1. The lowest BCUT2D eigenvalue weighted by Gasteiger charge is -2.44. The highest BCUT2D eigenvalue weighted by atomic mass is 32.2. The van der Waals surface area contributed by atoms with Crippen molar-refractivity contribution in [1.82, 2.24) is 10.2 Å². The van der Waals surface area contributed by atoms with Gasteiger partial charge in [0.05, 0.1) is 24.0 Å². The van der Waals surface area contributed by atoms with Crippen molar-refractivity contribution in [1.29, 1.82) is 5.26 Å². The number of fused-ring (bicyclic) bond motifs is 1. The van der Waals surface area contributed by atoms with Crippen molar-refractivity contribution in [2.24, 2.45) is 5.92 Å². The van der Waals surface area contributed by atoms with E-state index in [1.165, 1.54) is 16.7 Å². The fourth-order valence-corrected chi connectivity index (χ4v) is 6.10. The number of hydrogen-bond acceptors (Lipinski definition) is 8. The van der Waals surface area contributed by atoms with Crippen molar-refractivity contribution in [2.75, 3.05) is 6.61 Å². The molecule has 1 N–H and O–H groups in total. The number of amides is 2. The van der Waals surface area contributed by atoms with Crippen LogP contribution < -0.4 is 5.32 Å². The van der Waals surface area contributed by atoms with Crippen molar-refractivity contribution < 1.29 is 28.7 Å². The van der Waals surface area contributed by atoms with Crippen LogP contribution in [0.2, 0.25) is 0 Å². The van der Waals surface area contributed by atoms with Crippen molar-refractivity contribution in [3.63, 3.8) is 0 Å². The van der Waals surface area contributed by atoms with Gasteiger partial charge in [0.2, 0.25) is 5.91 Å². The number of esters is 1. The number of carbonyl (C=O) groups excluding carboxylic acids is 4. The summed E-state index contributed by atoms with van der Waals surface area (Å²) in [7, 11) is 0. The minimum atomic E-state index is -0.969. The predicted octanol–water partition coefficient (Wildman–Crippen LogP) is 3.74. The van der Waals surface area contributed by atoms with E-state index >= 15 is 0 Å². The molecule has 1 aromatic rings. The van der Waals surface area contributed by atoms with Gasteiger partial charge in [0.1, 0.15) is 17.7 Å². The molecule has 10 heteroatoms. The zero-order valence-electron chi connectivity index (χ0n) is 21.3. The SMILES string of the molecule is CC(C)(C)OC(=O)N[C@@H](C(=O)C[C@@H]1C(=O)N2[C@@H]1SC(C)(C)[C@@H]2C(=O)OCCCC#N)c1ccccc1. The molecule has 0 unspecified atom stereocenters. The van der Waals surface area contributed by atoms with Crippen molar-refractivity contribution in [2.45, 2.75) is 81.7 Å². The van der Waals surface area contributed by atoms with E-state index in [0.717, 1.165) is 0 Å². The minimum absolute atomic E-state index is 0.0810. The van der Waals surface area contributed by atoms with E-state index in [0.29, 0.717) is 12.0 Å². The average Bonchev–Trinajstić information content (AvgIpc) is 3.05. The average molecular weight is 516 g/mol. The minimum Gasteiger partial charge on any atom is -0.464 e. The van der Waals surface area contributed by atoms with Gasteiger partial charge < -0.3 is 19.7 Å². The molecule has 0 bridgehead atoms. The number of ketones is 1. The lowest BCUT2D eigenvalue weighted by atomic mass is 9.86. The Morgan fingerprint density at radius 2 is 1.89 bits per heavy atom. The first kappa shape index (κ1) is 27.5. The van der Waals surface area contributed by atoms with Crippen LogP contribution in [-0.4, -0.2) is 57.0 Å². The number of nitrogens with one attached hydrogen (secondary N) is 1. The summed E-state index contributed by atoms with van der Waals surface area (Å²) in [4.78, 5) is 53.3. The molecule has 2 aliphatic rings. The van der Waals surface area contributed by atoms with Crippen LogP contribution in [0.1, 0.15) is 65.5 Å². The Labute approximate surface area is 215 Å². The van der Waals surface area contributed by atoms with Crippen LogP contribution in [0, 0.1) is 17.2 Å². The quantitative estimate of drug-likeness (QED) is 0.299. The third-order valence-electron chi connectivity index (χ3n) is 5.99. The van der Waals surface area contributed by atoms with Crippen molar-refractivity contribution in [3.05, 3.63) is 35.9 Å². The van der Waals surface area contributed by atoms with Gasteiger partial charge in [-0.15, -0.1) is 11.8 Å². The zero-order chi connectivity index (χ0) is 26.7. The summed E-state index contributed by atoms with van der Waals surface area (Å²) in [6.45, 7) is 9.07. The number of carbonyl (C=O) groups is 4. The number of nitriles is 1. The van der Waals surface area contributed by atoms with Gasteiger partial charge in [-0.1, -0.05) is 30.3 Å². The molecule has 4 atom stereocenters. The molecule has 3 rings (SSSR count). The van der Waals surface area contributed by atoms with E-state index in [9.17, 15) is 19.2 Å². The number of nitrogens with zero attached hydrogens (tertiary/aromatic N) is 2. The summed E-state index contributed by atoms with van der Waals surface area (Å²) in [6, 6.07) is 9.09. The summed E-state index contributed by atoms with van der Waals surface area (Å²) in [5.41, 5.74) is -0.140. The summed E-state index contributed by atoms with van der Waals surface area (Å²) in [5, 5.41) is 11.0. The summed E-state index contributed by atoms with van der Waals surface area (Å²) in [5.74, 6) is -1.70. The monoisotopic (exact) mass is 515 g/mol. The second-order valence-electron chi connectivity index (χ2n) is 10.5. The smallest absolute Gasteiger partial charge is 0.408 e. The molecule has 36 heavy (non-hydrogen) atoms. The van der Waals surface area contributed by atoms with E-state index in [1.54, 1.807) is 45.0 Å². The first-order valence-corrected chi connectivity index (χ1v) is 12.8. The van der Waals surface area contributed by atoms with Gasteiger partial charge >= 0.3 is 12.1 Å². The van der Waals surface area contributed by atoms with E-state index in [2.05, 4.69) is 5.32 Å². The Hall–Kier alpha value is -3.06. The van der Waals surface area contributed by atoms with Gasteiger partial charge in [0.25, 0.3) is 0 Å². The molecular weight excluding hydrogens is 482 g/mol.